The summed E-state index contributed by atoms with van der Waals surface area (Å²) in [5, 5.41) is 12.9. The maximum absolute atomic E-state index is 5.86. The molecule has 0 spiro atoms. The van der Waals surface area contributed by atoms with Crippen LogP contribution in [0.3, 0.4) is 0 Å². The first kappa shape index (κ1) is 22.6. The molecule has 2 unspecified atom stereocenters. The van der Waals surface area contributed by atoms with E-state index in [1.807, 2.05) is 4.68 Å². The fourth-order valence-electron chi connectivity index (χ4n) is 5.42. The molecule has 3 fully saturated rings. The number of aryl methyl sites for hydroxylation is 1. The van der Waals surface area contributed by atoms with Crippen molar-refractivity contribution < 1.29 is 4.74 Å². The van der Waals surface area contributed by atoms with Gasteiger partial charge in [-0.05, 0) is 48.6 Å². The molecule has 1 aromatic carbocycles. The van der Waals surface area contributed by atoms with Crippen LogP contribution in [0.4, 0.5) is 0 Å². The summed E-state index contributed by atoms with van der Waals surface area (Å²) in [6.07, 6.45) is 8.00. The number of tetrazole rings is 1. The summed E-state index contributed by atoms with van der Waals surface area (Å²) in [4.78, 5) is 5.29. The van der Waals surface area contributed by atoms with E-state index in [-0.39, 0.29) is 24.6 Å². The first-order chi connectivity index (χ1) is 14.8. The van der Waals surface area contributed by atoms with Gasteiger partial charge >= 0.3 is 0 Å². The first-order valence-electron chi connectivity index (χ1n) is 11.7. The molecule has 2 saturated heterocycles. The minimum absolute atomic E-state index is 0. The zero-order chi connectivity index (χ0) is 20.3. The van der Waals surface area contributed by atoms with Crippen molar-refractivity contribution in [1.82, 2.24) is 30.0 Å². The molecule has 1 aliphatic carbocycles. The lowest BCUT2D eigenvalue weighted by Crippen LogP contribution is -2.51. The highest BCUT2D eigenvalue weighted by Gasteiger charge is 2.33. The summed E-state index contributed by atoms with van der Waals surface area (Å²) >= 11 is 0. The van der Waals surface area contributed by atoms with E-state index < -0.39 is 0 Å². The molecule has 31 heavy (non-hydrogen) atoms. The van der Waals surface area contributed by atoms with Gasteiger partial charge in [-0.25, -0.2) is 4.68 Å². The fraction of sp³-hybridized carbons (Fsp3) is 0.696. The largest absolute Gasteiger partial charge is 0.376 e. The van der Waals surface area contributed by atoms with Crippen molar-refractivity contribution in [2.45, 2.75) is 70.2 Å². The van der Waals surface area contributed by atoms with Crippen LogP contribution in [0.15, 0.2) is 24.3 Å². The molecule has 0 N–H and O–H groups in total. The summed E-state index contributed by atoms with van der Waals surface area (Å²) in [5.41, 5.74) is 2.56. The van der Waals surface area contributed by atoms with E-state index in [1.54, 1.807) is 0 Å². The maximum atomic E-state index is 5.86. The van der Waals surface area contributed by atoms with Crippen molar-refractivity contribution in [1.29, 1.82) is 0 Å². The molecule has 2 aliphatic heterocycles. The second-order valence-corrected chi connectivity index (χ2v) is 9.18. The van der Waals surface area contributed by atoms with Crippen LogP contribution in [0.2, 0.25) is 0 Å². The van der Waals surface area contributed by atoms with Gasteiger partial charge in [0.05, 0.1) is 18.7 Å². The van der Waals surface area contributed by atoms with Crippen molar-refractivity contribution in [3.05, 3.63) is 41.2 Å². The van der Waals surface area contributed by atoms with Gasteiger partial charge in [-0.3, -0.25) is 9.80 Å². The highest BCUT2D eigenvalue weighted by Crippen LogP contribution is 2.31. The van der Waals surface area contributed by atoms with E-state index in [2.05, 4.69) is 56.5 Å². The van der Waals surface area contributed by atoms with E-state index in [0.717, 1.165) is 64.0 Å². The average Bonchev–Trinajstić information content (AvgIpc) is 3.54. The Bertz CT molecular complexity index is 808. The van der Waals surface area contributed by atoms with Gasteiger partial charge in [0.25, 0.3) is 0 Å². The average molecular weight is 447 g/mol. The highest BCUT2D eigenvalue weighted by molar-refractivity contribution is 5.85. The Kier molecular flexibility index (Phi) is 7.59. The number of benzene rings is 1. The minimum atomic E-state index is 0. The topological polar surface area (TPSA) is 59.3 Å². The summed E-state index contributed by atoms with van der Waals surface area (Å²) in [5.74, 6) is 0.948. The Balaban J connectivity index is 0.00000231. The van der Waals surface area contributed by atoms with Crippen molar-refractivity contribution in [3.63, 3.8) is 0 Å². The second kappa shape index (κ2) is 10.4. The number of halogens is 1. The van der Waals surface area contributed by atoms with E-state index in [9.17, 15) is 0 Å². The molecule has 0 amide bonds. The molecule has 2 aromatic rings. The quantitative estimate of drug-likeness (QED) is 0.679. The third-order valence-electron chi connectivity index (χ3n) is 7.15. The van der Waals surface area contributed by atoms with Gasteiger partial charge in [-0.1, -0.05) is 42.7 Å². The summed E-state index contributed by atoms with van der Waals surface area (Å²) < 4.78 is 7.85. The van der Waals surface area contributed by atoms with Crippen LogP contribution >= 0.6 is 12.4 Å². The monoisotopic (exact) mass is 446 g/mol. The number of piperazine rings is 1. The molecule has 7 nitrogen and oxygen atoms in total. The normalized spacial score (nSPS) is 24.4. The first-order valence-corrected chi connectivity index (χ1v) is 11.7. The Morgan fingerprint density at radius 2 is 1.74 bits per heavy atom. The Labute approximate surface area is 191 Å². The predicted octanol–water partition coefficient (Wildman–Crippen LogP) is 3.23. The van der Waals surface area contributed by atoms with Crippen LogP contribution in [0.5, 0.6) is 0 Å². The van der Waals surface area contributed by atoms with E-state index >= 15 is 0 Å². The molecule has 170 valence electrons. The Hall–Kier alpha value is -1.54. The summed E-state index contributed by atoms with van der Waals surface area (Å²) in [7, 11) is 0. The van der Waals surface area contributed by atoms with E-state index in [0.29, 0.717) is 0 Å². The van der Waals surface area contributed by atoms with Crippen molar-refractivity contribution >= 4 is 12.4 Å². The SMILES string of the molecule is Cc1ccc(C(c2nnnn2CC2CCCO2)N2CCN(C3CCCC3)CC2)cc1.Cl. The number of aromatic nitrogens is 4. The predicted molar refractivity (Wildman–Crippen MR) is 122 cm³/mol. The fourth-order valence-corrected chi connectivity index (χ4v) is 5.42. The van der Waals surface area contributed by atoms with Crippen LogP contribution in [0.1, 0.15) is 61.5 Å². The number of nitrogens with zero attached hydrogens (tertiary/aromatic N) is 6. The molecule has 0 bridgehead atoms. The molecule has 3 heterocycles. The Morgan fingerprint density at radius 1 is 1.00 bits per heavy atom. The van der Waals surface area contributed by atoms with Gasteiger partial charge in [-0.2, -0.15) is 0 Å². The molecular formula is C23H35ClN6O. The molecule has 0 radical (unpaired) electrons. The molecule has 5 rings (SSSR count). The van der Waals surface area contributed by atoms with Crippen molar-refractivity contribution in [2.24, 2.45) is 0 Å². The molecule has 3 aliphatic rings. The molecule has 1 saturated carbocycles. The minimum Gasteiger partial charge on any atom is -0.376 e. The van der Waals surface area contributed by atoms with Crippen molar-refractivity contribution in [2.75, 3.05) is 32.8 Å². The van der Waals surface area contributed by atoms with E-state index in [1.165, 1.54) is 36.8 Å². The van der Waals surface area contributed by atoms with Gasteiger partial charge in [-0.15, -0.1) is 17.5 Å². The number of rotatable bonds is 6. The summed E-state index contributed by atoms with van der Waals surface area (Å²) in [6, 6.07) is 9.78. The number of hydrogen-bond donors (Lipinski definition) is 0. The lowest BCUT2D eigenvalue weighted by molar-refractivity contribution is 0.0720. The van der Waals surface area contributed by atoms with Gasteiger partial charge in [0.15, 0.2) is 5.82 Å². The third kappa shape index (κ3) is 5.11. The molecule has 8 heteroatoms. The zero-order valence-corrected chi connectivity index (χ0v) is 19.3. The van der Waals surface area contributed by atoms with Crippen LogP contribution in [-0.2, 0) is 11.3 Å². The molecule has 2 atom stereocenters. The van der Waals surface area contributed by atoms with Gasteiger partial charge in [0, 0.05) is 38.8 Å². The highest BCUT2D eigenvalue weighted by atomic mass is 35.5. The summed E-state index contributed by atoms with van der Waals surface area (Å²) in [6.45, 7) is 8.13. The maximum Gasteiger partial charge on any atom is 0.173 e. The second-order valence-electron chi connectivity index (χ2n) is 9.18. The van der Waals surface area contributed by atoms with Gasteiger partial charge in [0.2, 0.25) is 0 Å². The van der Waals surface area contributed by atoms with Crippen LogP contribution in [0, 0.1) is 6.92 Å². The molecular weight excluding hydrogens is 412 g/mol. The smallest absolute Gasteiger partial charge is 0.173 e. The number of ether oxygens (including phenoxy) is 1. The lowest BCUT2D eigenvalue weighted by atomic mass is 10.0. The van der Waals surface area contributed by atoms with Crippen LogP contribution in [0.25, 0.3) is 0 Å². The Morgan fingerprint density at radius 3 is 2.42 bits per heavy atom. The van der Waals surface area contributed by atoms with Crippen LogP contribution < -0.4 is 0 Å². The third-order valence-corrected chi connectivity index (χ3v) is 7.15. The van der Waals surface area contributed by atoms with E-state index in [4.69, 9.17) is 4.74 Å². The molecule has 1 aromatic heterocycles. The zero-order valence-electron chi connectivity index (χ0n) is 18.5. The number of hydrogen-bond acceptors (Lipinski definition) is 6. The van der Waals surface area contributed by atoms with Crippen LogP contribution in [-0.4, -0.2) is 74.9 Å². The van der Waals surface area contributed by atoms with Gasteiger partial charge < -0.3 is 4.74 Å². The van der Waals surface area contributed by atoms with Gasteiger partial charge in [0.1, 0.15) is 0 Å². The standard InChI is InChI=1S/C23H34N6O.ClH/c1-18-8-10-19(11-9-18)22(23-24-25-26-29(23)17-21-7-4-16-30-21)28-14-12-27(13-15-28)20-5-2-3-6-20;/h8-11,20-22H,2-7,12-17H2,1H3;1H. The lowest BCUT2D eigenvalue weighted by Gasteiger charge is -2.41. The van der Waals surface area contributed by atoms with Crippen molar-refractivity contribution in [3.8, 4) is 0 Å².